The predicted octanol–water partition coefficient (Wildman–Crippen LogP) is 2.37. The Hall–Kier alpha value is -1.49. The SMILES string of the molecule is C1CN1.[Co].c1cnc2c(c1)ccc1ncccc12. The Labute approximate surface area is 116 Å². The average Bonchev–Trinajstić information content (AvgIpc) is 3.27. The summed E-state index contributed by atoms with van der Waals surface area (Å²) in [5, 5.41) is 5.28. The third-order valence-corrected chi connectivity index (χ3v) is 2.60. The smallest absolute Gasteiger partial charge is 0.0795 e. The summed E-state index contributed by atoms with van der Waals surface area (Å²) in [6.07, 6.45) is 3.62. The third kappa shape index (κ3) is 2.84. The molecule has 2 aromatic heterocycles. The molecule has 18 heavy (non-hydrogen) atoms. The molecule has 1 fully saturated rings. The van der Waals surface area contributed by atoms with Crippen LogP contribution < -0.4 is 5.32 Å². The topological polar surface area (TPSA) is 47.7 Å². The van der Waals surface area contributed by atoms with E-state index in [0.29, 0.717) is 0 Å². The van der Waals surface area contributed by atoms with Crippen LogP contribution in [0.3, 0.4) is 0 Å². The van der Waals surface area contributed by atoms with Crippen molar-refractivity contribution in [3.63, 3.8) is 0 Å². The number of nitrogens with zero attached hydrogens (tertiary/aromatic N) is 2. The van der Waals surface area contributed by atoms with Crippen molar-refractivity contribution in [2.45, 2.75) is 0 Å². The first-order chi connectivity index (χ1) is 8.45. The van der Waals surface area contributed by atoms with E-state index in [-0.39, 0.29) is 16.8 Å². The van der Waals surface area contributed by atoms with Gasteiger partial charge in [0, 0.05) is 53.0 Å². The molecule has 3 aromatic rings. The number of aromatic nitrogens is 2. The summed E-state index contributed by atoms with van der Waals surface area (Å²) in [5.41, 5.74) is 2.02. The summed E-state index contributed by atoms with van der Waals surface area (Å²) in [4.78, 5) is 8.66. The molecule has 4 heteroatoms. The molecule has 0 bridgehead atoms. The van der Waals surface area contributed by atoms with Crippen LogP contribution in [-0.2, 0) is 16.8 Å². The molecule has 3 heterocycles. The van der Waals surface area contributed by atoms with Crippen molar-refractivity contribution >= 4 is 21.8 Å². The predicted molar refractivity (Wildman–Crippen MR) is 69.9 cm³/mol. The van der Waals surface area contributed by atoms with Gasteiger partial charge in [0.25, 0.3) is 0 Å². The van der Waals surface area contributed by atoms with Crippen molar-refractivity contribution < 1.29 is 16.8 Å². The van der Waals surface area contributed by atoms with Gasteiger partial charge in [-0.3, -0.25) is 9.97 Å². The van der Waals surface area contributed by atoms with E-state index in [1.807, 2.05) is 24.4 Å². The van der Waals surface area contributed by atoms with E-state index >= 15 is 0 Å². The molecule has 0 unspecified atom stereocenters. The first-order valence-electron chi connectivity index (χ1n) is 5.74. The second-order valence-corrected chi connectivity index (χ2v) is 3.96. The number of rotatable bonds is 0. The van der Waals surface area contributed by atoms with Crippen LogP contribution in [0.5, 0.6) is 0 Å². The van der Waals surface area contributed by atoms with Gasteiger partial charge in [0.15, 0.2) is 0 Å². The van der Waals surface area contributed by atoms with E-state index in [9.17, 15) is 0 Å². The minimum Gasteiger partial charge on any atom is -0.314 e. The molecule has 0 saturated carbocycles. The van der Waals surface area contributed by atoms with E-state index in [2.05, 4.69) is 33.5 Å². The zero-order valence-corrected chi connectivity index (χ0v) is 10.8. The normalized spacial score (nSPS) is 12.4. The molecule has 0 spiro atoms. The van der Waals surface area contributed by atoms with E-state index in [1.54, 1.807) is 6.20 Å². The fourth-order valence-electron chi connectivity index (χ4n) is 1.70. The number of pyridine rings is 2. The molecule has 1 saturated heterocycles. The van der Waals surface area contributed by atoms with Crippen molar-refractivity contribution in [3.8, 4) is 0 Å². The second-order valence-electron chi connectivity index (χ2n) is 3.96. The van der Waals surface area contributed by atoms with Gasteiger partial charge in [-0.2, -0.15) is 0 Å². The largest absolute Gasteiger partial charge is 0.314 e. The minimum atomic E-state index is 0. The van der Waals surface area contributed by atoms with Crippen molar-refractivity contribution in [2.24, 2.45) is 0 Å². The van der Waals surface area contributed by atoms with Gasteiger partial charge in [0.05, 0.1) is 11.0 Å². The Morgan fingerprint density at radius 2 is 1.61 bits per heavy atom. The van der Waals surface area contributed by atoms with Crippen LogP contribution in [-0.4, -0.2) is 23.1 Å². The fraction of sp³-hybridized carbons (Fsp3) is 0.143. The Morgan fingerprint density at radius 3 is 2.39 bits per heavy atom. The van der Waals surface area contributed by atoms with Crippen LogP contribution >= 0.6 is 0 Å². The van der Waals surface area contributed by atoms with Gasteiger partial charge in [-0.1, -0.05) is 12.1 Å². The Bertz CT molecular complexity index is 595. The molecule has 0 aliphatic carbocycles. The van der Waals surface area contributed by atoms with Crippen LogP contribution in [0.4, 0.5) is 0 Å². The Morgan fingerprint density at radius 1 is 0.889 bits per heavy atom. The molecule has 93 valence electrons. The third-order valence-electron chi connectivity index (χ3n) is 2.60. The van der Waals surface area contributed by atoms with E-state index < -0.39 is 0 Å². The van der Waals surface area contributed by atoms with Gasteiger partial charge >= 0.3 is 0 Å². The molecule has 1 aliphatic rings. The molecule has 1 aromatic carbocycles. The summed E-state index contributed by atoms with van der Waals surface area (Å²) in [6, 6.07) is 12.1. The maximum atomic E-state index is 4.37. The van der Waals surface area contributed by atoms with Crippen LogP contribution in [0.25, 0.3) is 21.8 Å². The molecule has 1 N–H and O–H groups in total. The van der Waals surface area contributed by atoms with Gasteiger partial charge in [0.2, 0.25) is 0 Å². The van der Waals surface area contributed by atoms with Gasteiger partial charge in [-0.15, -0.1) is 0 Å². The molecule has 1 aliphatic heterocycles. The summed E-state index contributed by atoms with van der Waals surface area (Å²) < 4.78 is 0. The van der Waals surface area contributed by atoms with E-state index in [1.165, 1.54) is 13.1 Å². The van der Waals surface area contributed by atoms with Gasteiger partial charge in [-0.25, -0.2) is 0 Å². The Kier molecular flexibility index (Phi) is 4.25. The number of hydrogen-bond acceptors (Lipinski definition) is 3. The van der Waals surface area contributed by atoms with Crippen molar-refractivity contribution in [3.05, 3.63) is 48.8 Å². The molecule has 0 atom stereocenters. The van der Waals surface area contributed by atoms with Crippen molar-refractivity contribution in [2.75, 3.05) is 13.1 Å². The maximum absolute atomic E-state index is 4.37. The van der Waals surface area contributed by atoms with E-state index in [0.717, 1.165) is 21.8 Å². The molecule has 4 rings (SSSR count). The zero-order chi connectivity index (χ0) is 11.5. The van der Waals surface area contributed by atoms with E-state index in [4.69, 9.17) is 0 Å². The Balaban J connectivity index is 0.000000266. The first-order valence-corrected chi connectivity index (χ1v) is 5.74. The molecule has 3 nitrogen and oxygen atoms in total. The molecular weight excluding hydrogens is 269 g/mol. The monoisotopic (exact) mass is 282 g/mol. The summed E-state index contributed by atoms with van der Waals surface area (Å²) >= 11 is 0. The van der Waals surface area contributed by atoms with Crippen molar-refractivity contribution in [1.29, 1.82) is 0 Å². The van der Waals surface area contributed by atoms with Crippen molar-refractivity contribution in [1.82, 2.24) is 15.3 Å². The quantitative estimate of drug-likeness (QED) is 0.508. The fourth-order valence-corrected chi connectivity index (χ4v) is 1.70. The number of nitrogens with one attached hydrogen (secondary N) is 1. The van der Waals surface area contributed by atoms with Gasteiger partial charge in [-0.05, 0) is 24.3 Å². The second kappa shape index (κ2) is 5.91. The van der Waals surface area contributed by atoms with Crippen LogP contribution in [0.2, 0.25) is 0 Å². The van der Waals surface area contributed by atoms with Crippen LogP contribution in [0.15, 0.2) is 48.8 Å². The zero-order valence-electron chi connectivity index (χ0n) is 9.76. The first kappa shape index (κ1) is 13.0. The molecule has 0 amide bonds. The summed E-state index contributed by atoms with van der Waals surface area (Å²) in [5.74, 6) is 0. The number of hydrogen-bond donors (Lipinski definition) is 1. The van der Waals surface area contributed by atoms with Crippen LogP contribution in [0.1, 0.15) is 0 Å². The summed E-state index contributed by atoms with van der Waals surface area (Å²) in [6.45, 7) is 2.50. The van der Waals surface area contributed by atoms with Gasteiger partial charge < -0.3 is 5.32 Å². The van der Waals surface area contributed by atoms with Crippen LogP contribution in [0, 0.1) is 0 Å². The number of fused-ring (bicyclic) bond motifs is 3. The standard InChI is InChI=1S/C12H8N2.C2H5N.Co/c1-3-9-5-6-11-10(4-2-7-13-11)12(9)14-8-1;1-2-3-1;/h1-8H;3H,1-2H2;. The molecular formula is C14H13CoN3. The summed E-state index contributed by atoms with van der Waals surface area (Å²) in [7, 11) is 0. The van der Waals surface area contributed by atoms with Gasteiger partial charge in [0.1, 0.15) is 0 Å². The number of benzene rings is 1. The minimum absolute atomic E-state index is 0. The maximum Gasteiger partial charge on any atom is 0.0795 e. The molecule has 1 radical (unpaired) electrons. The average molecular weight is 282 g/mol.